The molecule has 0 radical (unpaired) electrons. The molecule has 1 N–H and O–H groups in total. The van der Waals surface area contributed by atoms with Crippen molar-refractivity contribution < 1.29 is 18.6 Å². The predicted molar refractivity (Wildman–Crippen MR) is 74.9 cm³/mol. The molecule has 0 bridgehead atoms. The van der Waals surface area contributed by atoms with E-state index in [4.69, 9.17) is 4.74 Å². The van der Waals surface area contributed by atoms with Crippen molar-refractivity contribution in [2.24, 2.45) is 0 Å². The fourth-order valence-electron chi connectivity index (χ4n) is 2.77. The molecule has 0 aliphatic carbocycles. The zero-order valence-electron chi connectivity index (χ0n) is 11.4. The number of hydrogen-bond acceptors (Lipinski definition) is 3. The summed E-state index contributed by atoms with van der Waals surface area (Å²) in [6.45, 7) is 0. The highest BCUT2D eigenvalue weighted by molar-refractivity contribution is 5.60. The molecular weight excluding hydrogens is 290 g/mol. The minimum absolute atomic E-state index is 0.0108. The Hall–Kier alpha value is -2.47. The van der Waals surface area contributed by atoms with Gasteiger partial charge < -0.3 is 14.2 Å². The lowest BCUT2D eigenvalue weighted by atomic mass is 9.92. The molecule has 6 heteroatoms. The Morgan fingerprint density at radius 3 is 2.68 bits per heavy atom. The number of ether oxygens (including phenoxy) is 1. The lowest BCUT2D eigenvalue weighted by molar-refractivity contribution is -0.169. The summed E-state index contributed by atoms with van der Waals surface area (Å²) in [4.78, 5) is 4.07. The van der Waals surface area contributed by atoms with Crippen LogP contribution >= 0.6 is 0 Å². The molecule has 2 aromatic heterocycles. The van der Waals surface area contributed by atoms with E-state index in [2.05, 4.69) is 4.98 Å². The van der Waals surface area contributed by atoms with Crippen LogP contribution in [0.25, 0.3) is 5.65 Å². The van der Waals surface area contributed by atoms with Crippen LogP contribution in [0.15, 0.2) is 55.0 Å². The van der Waals surface area contributed by atoms with E-state index >= 15 is 0 Å². The first-order valence-electron chi connectivity index (χ1n) is 6.82. The number of fused-ring (bicyclic) bond motifs is 3. The van der Waals surface area contributed by atoms with Crippen LogP contribution in [0.5, 0.6) is 5.75 Å². The largest absolute Gasteiger partial charge is 0.478 e. The molecule has 0 unspecified atom stereocenters. The Morgan fingerprint density at radius 2 is 1.91 bits per heavy atom. The topological polar surface area (TPSA) is 46.8 Å². The Kier molecular flexibility index (Phi) is 2.71. The number of hydrogen-bond donors (Lipinski definition) is 1. The van der Waals surface area contributed by atoms with E-state index in [1.165, 1.54) is 18.5 Å². The molecule has 0 amide bonds. The summed E-state index contributed by atoms with van der Waals surface area (Å²) in [5.74, 6) is -3.40. The van der Waals surface area contributed by atoms with E-state index in [9.17, 15) is 13.9 Å². The lowest BCUT2D eigenvalue weighted by Gasteiger charge is -2.36. The molecule has 0 saturated carbocycles. The quantitative estimate of drug-likeness (QED) is 0.752. The maximum Gasteiger partial charge on any atom is 0.306 e. The molecule has 112 valence electrons. The lowest BCUT2D eigenvalue weighted by Crippen LogP contribution is -2.42. The third kappa shape index (κ3) is 1.74. The monoisotopic (exact) mass is 302 g/mol. The number of imidazole rings is 1. The fraction of sp³-hybridized carbons (Fsp3) is 0.188. The standard InChI is InChI=1S/C16H12F2N2O2/c17-16(18)11-6-8-20-9-7-19-15(20)13(11)22-12(14(16)21)10-4-2-1-3-5-10/h1-9,12,14,21H/t12-,14-/m1/s1. The van der Waals surface area contributed by atoms with Gasteiger partial charge in [0.2, 0.25) is 0 Å². The second-order valence-electron chi connectivity index (χ2n) is 5.23. The van der Waals surface area contributed by atoms with Crippen LogP contribution in [-0.4, -0.2) is 20.6 Å². The van der Waals surface area contributed by atoms with Gasteiger partial charge in [-0.05, 0) is 11.6 Å². The first-order valence-corrected chi connectivity index (χ1v) is 6.82. The van der Waals surface area contributed by atoms with Crippen molar-refractivity contribution in [2.75, 3.05) is 0 Å². The zero-order chi connectivity index (χ0) is 15.3. The maximum atomic E-state index is 14.6. The van der Waals surface area contributed by atoms with E-state index in [-0.39, 0.29) is 11.3 Å². The van der Waals surface area contributed by atoms with Crippen molar-refractivity contribution in [1.29, 1.82) is 0 Å². The van der Waals surface area contributed by atoms with Gasteiger partial charge in [-0.1, -0.05) is 30.3 Å². The summed E-state index contributed by atoms with van der Waals surface area (Å²) in [5, 5.41) is 10.1. The maximum absolute atomic E-state index is 14.6. The number of pyridine rings is 1. The minimum Gasteiger partial charge on any atom is -0.478 e. The van der Waals surface area contributed by atoms with Gasteiger partial charge in [-0.3, -0.25) is 0 Å². The van der Waals surface area contributed by atoms with Crippen molar-refractivity contribution in [3.63, 3.8) is 0 Å². The van der Waals surface area contributed by atoms with Crippen molar-refractivity contribution in [3.05, 3.63) is 66.1 Å². The molecule has 0 saturated heterocycles. The number of aliphatic hydroxyl groups excluding tert-OH is 1. The third-order valence-electron chi connectivity index (χ3n) is 3.91. The van der Waals surface area contributed by atoms with Crippen LogP contribution in [0.4, 0.5) is 8.78 Å². The summed E-state index contributed by atoms with van der Waals surface area (Å²) in [6, 6.07) is 9.78. The van der Waals surface area contributed by atoms with Gasteiger partial charge in [-0.25, -0.2) is 4.98 Å². The Bertz CT molecular complexity index is 833. The van der Waals surface area contributed by atoms with Crippen molar-refractivity contribution in [3.8, 4) is 5.75 Å². The fourth-order valence-corrected chi connectivity index (χ4v) is 2.77. The Morgan fingerprint density at radius 1 is 1.14 bits per heavy atom. The van der Waals surface area contributed by atoms with Crippen LogP contribution in [0, 0.1) is 0 Å². The number of halogens is 2. The summed E-state index contributed by atoms with van der Waals surface area (Å²) in [6.07, 6.45) is 1.54. The zero-order valence-corrected chi connectivity index (χ0v) is 11.4. The van der Waals surface area contributed by atoms with Gasteiger partial charge in [-0.15, -0.1) is 0 Å². The van der Waals surface area contributed by atoms with Crippen LogP contribution < -0.4 is 4.74 Å². The van der Waals surface area contributed by atoms with Gasteiger partial charge >= 0.3 is 5.92 Å². The molecular formula is C16H12F2N2O2. The van der Waals surface area contributed by atoms with Crippen molar-refractivity contribution in [1.82, 2.24) is 9.38 Å². The molecule has 4 rings (SSSR count). The highest BCUT2D eigenvalue weighted by atomic mass is 19.3. The second-order valence-corrected chi connectivity index (χ2v) is 5.23. The van der Waals surface area contributed by atoms with Gasteiger partial charge in [0, 0.05) is 18.6 Å². The molecule has 22 heavy (non-hydrogen) atoms. The Balaban J connectivity index is 1.92. The van der Waals surface area contributed by atoms with Crippen LogP contribution in [0.3, 0.4) is 0 Å². The van der Waals surface area contributed by atoms with E-state index in [1.807, 2.05) is 0 Å². The number of nitrogens with zero attached hydrogens (tertiary/aromatic N) is 2. The number of benzene rings is 1. The highest BCUT2D eigenvalue weighted by Gasteiger charge is 2.52. The first-order chi connectivity index (χ1) is 10.6. The van der Waals surface area contributed by atoms with E-state index in [1.54, 1.807) is 40.9 Å². The van der Waals surface area contributed by atoms with Crippen LogP contribution in [0.1, 0.15) is 17.2 Å². The molecule has 0 fully saturated rings. The normalized spacial score (nSPS) is 23.0. The average Bonchev–Trinajstić information content (AvgIpc) is 3.00. The predicted octanol–water partition coefficient (Wildman–Crippen LogP) is 2.92. The minimum atomic E-state index is -3.41. The molecule has 3 aromatic rings. The summed E-state index contributed by atoms with van der Waals surface area (Å²) < 4.78 is 36.5. The van der Waals surface area contributed by atoms with Gasteiger partial charge in [0.05, 0.1) is 5.56 Å². The Labute approximate surface area is 124 Å². The number of alkyl halides is 2. The third-order valence-corrected chi connectivity index (χ3v) is 3.91. The summed E-state index contributed by atoms with van der Waals surface area (Å²) in [5.41, 5.74) is 0.463. The summed E-state index contributed by atoms with van der Waals surface area (Å²) >= 11 is 0. The second kappa shape index (κ2) is 4.51. The molecule has 1 aromatic carbocycles. The highest BCUT2D eigenvalue weighted by Crippen LogP contribution is 2.49. The molecule has 3 heterocycles. The van der Waals surface area contributed by atoms with Gasteiger partial charge in [0.1, 0.15) is 0 Å². The van der Waals surface area contributed by atoms with Gasteiger partial charge in [-0.2, -0.15) is 8.78 Å². The average molecular weight is 302 g/mol. The van der Waals surface area contributed by atoms with Gasteiger partial charge in [0.25, 0.3) is 0 Å². The van der Waals surface area contributed by atoms with Gasteiger partial charge in [0.15, 0.2) is 23.6 Å². The van der Waals surface area contributed by atoms with E-state index in [0.29, 0.717) is 11.2 Å². The van der Waals surface area contributed by atoms with Crippen LogP contribution in [-0.2, 0) is 5.92 Å². The number of aromatic nitrogens is 2. The van der Waals surface area contributed by atoms with E-state index in [0.717, 1.165) is 0 Å². The van der Waals surface area contributed by atoms with Crippen LogP contribution in [0.2, 0.25) is 0 Å². The number of rotatable bonds is 1. The van der Waals surface area contributed by atoms with E-state index < -0.39 is 18.1 Å². The first kappa shape index (κ1) is 13.2. The van der Waals surface area contributed by atoms with Crippen molar-refractivity contribution >= 4 is 5.65 Å². The molecule has 2 atom stereocenters. The molecule has 1 aliphatic heterocycles. The molecule has 1 aliphatic rings. The summed E-state index contributed by atoms with van der Waals surface area (Å²) in [7, 11) is 0. The molecule has 4 nitrogen and oxygen atoms in total. The number of aliphatic hydroxyl groups is 1. The smallest absolute Gasteiger partial charge is 0.306 e. The SMILES string of the molecule is O[C@@H]1[C@@H](c2ccccc2)Oc2c(ccn3ccnc23)C1(F)F. The van der Waals surface area contributed by atoms with Crippen molar-refractivity contribution in [2.45, 2.75) is 18.1 Å². The molecule has 0 spiro atoms.